The lowest BCUT2D eigenvalue weighted by molar-refractivity contribution is -0.127. The molecule has 0 spiro atoms. The van der Waals surface area contributed by atoms with Crippen LogP contribution in [0.3, 0.4) is 0 Å². The highest BCUT2D eigenvalue weighted by Crippen LogP contribution is 2.39. The summed E-state index contributed by atoms with van der Waals surface area (Å²) in [5.41, 5.74) is 5.48. The van der Waals surface area contributed by atoms with E-state index in [1.54, 1.807) is 6.20 Å². The zero-order chi connectivity index (χ0) is 13.2. The smallest absolute Gasteiger partial charge is 0.233 e. The predicted molar refractivity (Wildman–Crippen MR) is 74.6 cm³/mol. The Morgan fingerprint density at radius 2 is 2.28 bits per heavy atom. The van der Waals surface area contributed by atoms with Crippen LogP contribution in [0.5, 0.6) is 0 Å². The van der Waals surface area contributed by atoms with Crippen molar-refractivity contribution >= 4 is 22.4 Å². The van der Waals surface area contributed by atoms with Crippen molar-refractivity contribution in [1.29, 1.82) is 0 Å². The van der Waals surface area contributed by atoms with E-state index in [-0.39, 0.29) is 11.3 Å². The quantitative estimate of drug-likeness (QED) is 0.884. The second kappa shape index (κ2) is 5.36. The van der Waals surface area contributed by atoms with Gasteiger partial charge in [0.05, 0.1) is 5.41 Å². The fourth-order valence-corrected chi connectivity index (χ4v) is 3.14. The molecule has 0 radical (unpaired) electrons. The third kappa shape index (κ3) is 2.72. The van der Waals surface area contributed by atoms with Crippen LogP contribution in [0.2, 0.25) is 0 Å². The molecular weight excluding hydrogens is 246 g/mol. The Morgan fingerprint density at radius 3 is 2.78 bits per heavy atom. The summed E-state index contributed by atoms with van der Waals surface area (Å²) < 4.78 is 0. The Bertz CT molecular complexity index is 422. The number of aryl methyl sites for hydroxylation is 1. The standard InChI is InChI=1S/C13H21N3OS/c1-9-3-5-13(8-14,6-4-9)11(17)16-12-15-7-10(2)18-12/h7,9H,3-6,8,14H2,1-2H3,(H,15,16,17). The molecule has 1 aromatic rings. The molecule has 0 atom stereocenters. The maximum absolute atomic E-state index is 12.4. The fraction of sp³-hybridized carbons (Fsp3) is 0.692. The van der Waals surface area contributed by atoms with Crippen molar-refractivity contribution in [3.63, 3.8) is 0 Å². The number of aromatic nitrogens is 1. The van der Waals surface area contributed by atoms with Gasteiger partial charge in [0.2, 0.25) is 5.91 Å². The molecule has 18 heavy (non-hydrogen) atoms. The molecule has 0 unspecified atom stereocenters. The molecule has 1 amide bonds. The van der Waals surface area contributed by atoms with Crippen molar-refractivity contribution in [2.45, 2.75) is 39.5 Å². The van der Waals surface area contributed by atoms with Crippen molar-refractivity contribution in [2.24, 2.45) is 17.1 Å². The second-order valence-electron chi connectivity index (χ2n) is 5.40. The topological polar surface area (TPSA) is 68.0 Å². The van der Waals surface area contributed by atoms with Crippen LogP contribution in [0, 0.1) is 18.3 Å². The molecule has 1 aromatic heterocycles. The summed E-state index contributed by atoms with van der Waals surface area (Å²) in [5, 5.41) is 3.61. The summed E-state index contributed by atoms with van der Waals surface area (Å²) in [5.74, 6) is 0.755. The molecule has 1 saturated carbocycles. The van der Waals surface area contributed by atoms with Gasteiger partial charge < -0.3 is 11.1 Å². The van der Waals surface area contributed by atoms with E-state index in [4.69, 9.17) is 5.73 Å². The SMILES string of the molecule is Cc1cnc(NC(=O)C2(CN)CCC(C)CC2)s1. The Labute approximate surface area is 112 Å². The first-order chi connectivity index (χ1) is 8.55. The Morgan fingerprint density at radius 1 is 1.61 bits per heavy atom. The number of anilines is 1. The van der Waals surface area contributed by atoms with E-state index in [0.717, 1.165) is 30.6 Å². The van der Waals surface area contributed by atoms with Gasteiger partial charge >= 0.3 is 0 Å². The lowest BCUT2D eigenvalue weighted by Gasteiger charge is -2.36. The number of carbonyl (C=O) groups excluding carboxylic acids is 1. The monoisotopic (exact) mass is 267 g/mol. The summed E-state index contributed by atoms with van der Waals surface area (Å²) in [7, 11) is 0. The summed E-state index contributed by atoms with van der Waals surface area (Å²) >= 11 is 1.51. The van der Waals surface area contributed by atoms with Crippen molar-refractivity contribution in [2.75, 3.05) is 11.9 Å². The van der Waals surface area contributed by atoms with Gasteiger partial charge in [-0.2, -0.15) is 0 Å². The summed E-state index contributed by atoms with van der Waals surface area (Å²) in [6, 6.07) is 0. The largest absolute Gasteiger partial charge is 0.329 e. The van der Waals surface area contributed by atoms with E-state index >= 15 is 0 Å². The molecule has 0 bridgehead atoms. The fourth-order valence-electron chi connectivity index (χ4n) is 2.48. The van der Waals surface area contributed by atoms with Gasteiger partial charge in [-0.3, -0.25) is 4.79 Å². The average molecular weight is 267 g/mol. The number of thiazole rings is 1. The molecule has 1 fully saturated rings. The maximum atomic E-state index is 12.4. The van der Waals surface area contributed by atoms with Gasteiger partial charge in [0, 0.05) is 17.6 Å². The summed E-state index contributed by atoms with van der Waals surface area (Å²) in [6.45, 7) is 4.65. The molecule has 0 aromatic carbocycles. The molecule has 3 N–H and O–H groups in total. The molecular formula is C13H21N3OS. The summed E-state index contributed by atoms with van der Waals surface area (Å²) in [6.07, 6.45) is 5.73. The zero-order valence-corrected chi connectivity index (χ0v) is 11.8. The van der Waals surface area contributed by atoms with Crippen LogP contribution in [0.25, 0.3) is 0 Å². The number of amides is 1. The minimum absolute atomic E-state index is 0.0475. The van der Waals surface area contributed by atoms with Crippen molar-refractivity contribution in [3.8, 4) is 0 Å². The molecule has 1 aliphatic carbocycles. The van der Waals surface area contributed by atoms with Gasteiger partial charge in [-0.15, -0.1) is 11.3 Å². The molecule has 1 aliphatic rings. The van der Waals surface area contributed by atoms with Crippen LogP contribution >= 0.6 is 11.3 Å². The first-order valence-electron chi connectivity index (χ1n) is 6.50. The third-order valence-corrected chi connectivity index (χ3v) is 4.77. The highest BCUT2D eigenvalue weighted by atomic mass is 32.1. The molecule has 2 rings (SSSR count). The lowest BCUT2D eigenvalue weighted by Crippen LogP contribution is -2.44. The van der Waals surface area contributed by atoms with Gasteiger partial charge in [0.1, 0.15) is 0 Å². The zero-order valence-electron chi connectivity index (χ0n) is 11.0. The average Bonchev–Trinajstić information content (AvgIpc) is 2.76. The molecule has 100 valence electrons. The van der Waals surface area contributed by atoms with E-state index in [1.165, 1.54) is 11.3 Å². The minimum atomic E-state index is -0.383. The lowest BCUT2D eigenvalue weighted by atomic mass is 9.70. The normalized spacial score (nSPS) is 28.1. The first kappa shape index (κ1) is 13.5. The number of hydrogen-bond donors (Lipinski definition) is 2. The van der Waals surface area contributed by atoms with Crippen LogP contribution in [0.15, 0.2) is 6.20 Å². The van der Waals surface area contributed by atoms with E-state index in [1.807, 2.05) is 6.92 Å². The van der Waals surface area contributed by atoms with Gasteiger partial charge in [0.15, 0.2) is 5.13 Å². The van der Waals surface area contributed by atoms with Gasteiger partial charge in [-0.25, -0.2) is 4.98 Å². The van der Waals surface area contributed by atoms with Crippen LogP contribution < -0.4 is 11.1 Å². The highest BCUT2D eigenvalue weighted by Gasteiger charge is 2.40. The number of nitrogens with one attached hydrogen (secondary N) is 1. The third-order valence-electron chi connectivity index (χ3n) is 3.95. The van der Waals surface area contributed by atoms with Crippen molar-refractivity contribution in [3.05, 3.63) is 11.1 Å². The maximum Gasteiger partial charge on any atom is 0.233 e. The van der Waals surface area contributed by atoms with Crippen LogP contribution in [0.4, 0.5) is 5.13 Å². The number of rotatable bonds is 3. The molecule has 1 heterocycles. The molecule has 4 nitrogen and oxygen atoms in total. The van der Waals surface area contributed by atoms with Gasteiger partial charge in [0.25, 0.3) is 0 Å². The van der Waals surface area contributed by atoms with Gasteiger partial charge in [-0.05, 0) is 38.5 Å². The molecule has 0 saturated heterocycles. The Hall–Kier alpha value is -0.940. The van der Waals surface area contributed by atoms with Crippen molar-refractivity contribution < 1.29 is 4.79 Å². The predicted octanol–water partition coefficient (Wildman–Crippen LogP) is 2.55. The molecule has 5 heteroatoms. The number of nitrogens with zero attached hydrogens (tertiary/aromatic N) is 1. The van der Waals surface area contributed by atoms with Crippen LogP contribution in [-0.4, -0.2) is 17.4 Å². The van der Waals surface area contributed by atoms with Crippen LogP contribution in [0.1, 0.15) is 37.5 Å². The summed E-state index contributed by atoms with van der Waals surface area (Å²) in [4.78, 5) is 17.7. The second-order valence-corrected chi connectivity index (χ2v) is 6.63. The van der Waals surface area contributed by atoms with Crippen molar-refractivity contribution in [1.82, 2.24) is 4.98 Å². The first-order valence-corrected chi connectivity index (χ1v) is 7.31. The van der Waals surface area contributed by atoms with E-state index in [0.29, 0.717) is 17.6 Å². The Kier molecular flexibility index (Phi) is 4.02. The number of nitrogens with two attached hydrogens (primary N) is 1. The molecule has 0 aliphatic heterocycles. The highest BCUT2D eigenvalue weighted by molar-refractivity contribution is 7.15. The van der Waals surface area contributed by atoms with E-state index < -0.39 is 0 Å². The minimum Gasteiger partial charge on any atom is -0.329 e. The van der Waals surface area contributed by atoms with Gasteiger partial charge in [-0.1, -0.05) is 6.92 Å². The number of hydrogen-bond acceptors (Lipinski definition) is 4. The van der Waals surface area contributed by atoms with E-state index in [9.17, 15) is 4.79 Å². The number of carbonyl (C=O) groups is 1. The van der Waals surface area contributed by atoms with E-state index in [2.05, 4.69) is 17.2 Å². The Balaban J connectivity index is 2.06. The van der Waals surface area contributed by atoms with Crippen LogP contribution in [-0.2, 0) is 4.79 Å².